The monoisotopic (exact) mass is 346 g/mol. The van der Waals surface area contributed by atoms with E-state index < -0.39 is 0 Å². The van der Waals surface area contributed by atoms with Crippen molar-refractivity contribution in [3.63, 3.8) is 0 Å². The van der Waals surface area contributed by atoms with Gasteiger partial charge in [-0.05, 0) is 52.9 Å². The normalized spacial score (nSPS) is 10.9. The van der Waals surface area contributed by atoms with E-state index in [1.165, 1.54) is 10.4 Å². The SMILES string of the molecule is Cc1ccc(C)c(OCCSc2nnnn2Cc2cccs2)c1. The van der Waals surface area contributed by atoms with E-state index in [4.69, 9.17) is 4.74 Å². The van der Waals surface area contributed by atoms with Gasteiger partial charge in [-0.1, -0.05) is 30.0 Å². The van der Waals surface area contributed by atoms with Crippen LogP contribution in [-0.4, -0.2) is 32.6 Å². The summed E-state index contributed by atoms with van der Waals surface area (Å²) in [6.07, 6.45) is 0. The number of tetrazole rings is 1. The number of nitrogens with zero attached hydrogens (tertiary/aromatic N) is 4. The molecule has 3 rings (SSSR count). The molecular formula is C16H18N4OS2. The molecule has 0 radical (unpaired) electrons. The molecule has 5 nitrogen and oxygen atoms in total. The molecule has 0 saturated heterocycles. The van der Waals surface area contributed by atoms with Gasteiger partial charge >= 0.3 is 0 Å². The predicted molar refractivity (Wildman–Crippen MR) is 93.4 cm³/mol. The first kappa shape index (κ1) is 16.0. The van der Waals surface area contributed by atoms with E-state index in [1.807, 2.05) is 10.7 Å². The molecule has 0 unspecified atom stereocenters. The van der Waals surface area contributed by atoms with Gasteiger partial charge in [0.1, 0.15) is 5.75 Å². The van der Waals surface area contributed by atoms with Crippen LogP contribution in [0.1, 0.15) is 16.0 Å². The van der Waals surface area contributed by atoms with Crippen LogP contribution in [0.2, 0.25) is 0 Å². The first-order valence-electron chi connectivity index (χ1n) is 7.34. The number of aromatic nitrogens is 4. The second kappa shape index (κ2) is 7.61. The number of aryl methyl sites for hydroxylation is 2. The number of hydrogen-bond acceptors (Lipinski definition) is 6. The topological polar surface area (TPSA) is 52.8 Å². The minimum absolute atomic E-state index is 0.626. The highest BCUT2D eigenvalue weighted by Gasteiger charge is 2.08. The third kappa shape index (κ3) is 4.33. The van der Waals surface area contributed by atoms with Crippen LogP contribution in [0.25, 0.3) is 0 Å². The molecule has 0 aliphatic carbocycles. The van der Waals surface area contributed by atoms with Crippen molar-refractivity contribution in [2.24, 2.45) is 0 Å². The Morgan fingerprint density at radius 3 is 3.00 bits per heavy atom. The van der Waals surface area contributed by atoms with Gasteiger partial charge in [-0.3, -0.25) is 0 Å². The third-order valence-electron chi connectivity index (χ3n) is 3.30. The fraction of sp³-hybridized carbons (Fsp3) is 0.312. The van der Waals surface area contributed by atoms with Gasteiger partial charge in [0, 0.05) is 10.6 Å². The number of ether oxygens (including phenoxy) is 1. The Balaban J connectivity index is 1.51. The summed E-state index contributed by atoms with van der Waals surface area (Å²) in [6.45, 7) is 5.47. The quantitative estimate of drug-likeness (QED) is 0.483. The standard InChI is InChI=1S/C16H18N4OS2/c1-12-5-6-13(2)15(10-12)21-7-9-23-16-17-18-19-20(16)11-14-4-3-8-22-14/h3-6,8,10H,7,9,11H2,1-2H3. The maximum Gasteiger partial charge on any atom is 0.209 e. The summed E-state index contributed by atoms with van der Waals surface area (Å²) in [7, 11) is 0. The fourth-order valence-electron chi connectivity index (χ4n) is 2.10. The van der Waals surface area contributed by atoms with E-state index in [2.05, 4.69) is 59.0 Å². The number of benzene rings is 1. The molecule has 23 heavy (non-hydrogen) atoms. The molecule has 0 N–H and O–H groups in total. The van der Waals surface area contributed by atoms with Crippen molar-refractivity contribution in [1.29, 1.82) is 0 Å². The van der Waals surface area contributed by atoms with E-state index in [0.29, 0.717) is 13.2 Å². The highest BCUT2D eigenvalue weighted by atomic mass is 32.2. The predicted octanol–water partition coefficient (Wildman–Crippen LogP) is 3.57. The number of rotatable bonds is 7. The fourth-order valence-corrected chi connectivity index (χ4v) is 3.48. The molecular weight excluding hydrogens is 328 g/mol. The van der Waals surface area contributed by atoms with Gasteiger partial charge in [0.05, 0.1) is 13.2 Å². The Labute approximate surface area is 143 Å². The first-order valence-corrected chi connectivity index (χ1v) is 9.20. The van der Waals surface area contributed by atoms with Crippen molar-refractivity contribution in [2.45, 2.75) is 25.5 Å². The van der Waals surface area contributed by atoms with E-state index in [1.54, 1.807) is 23.1 Å². The average Bonchev–Trinajstić information content (AvgIpc) is 3.20. The molecule has 0 spiro atoms. The number of hydrogen-bond donors (Lipinski definition) is 0. The Morgan fingerprint density at radius 2 is 2.17 bits per heavy atom. The largest absolute Gasteiger partial charge is 0.492 e. The Morgan fingerprint density at radius 1 is 1.26 bits per heavy atom. The number of thioether (sulfide) groups is 1. The molecule has 0 atom stereocenters. The smallest absolute Gasteiger partial charge is 0.209 e. The molecule has 120 valence electrons. The van der Waals surface area contributed by atoms with E-state index in [0.717, 1.165) is 22.2 Å². The van der Waals surface area contributed by atoms with E-state index >= 15 is 0 Å². The van der Waals surface area contributed by atoms with Gasteiger partial charge in [-0.15, -0.1) is 16.4 Å². The summed E-state index contributed by atoms with van der Waals surface area (Å²) in [5, 5.41) is 14.8. The molecule has 0 saturated carbocycles. The lowest BCUT2D eigenvalue weighted by Crippen LogP contribution is -2.05. The van der Waals surface area contributed by atoms with E-state index in [9.17, 15) is 0 Å². The molecule has 7 heteroatoms. The summed E-state index contributed by atoms with van der Waals surface area (Å²) in [4.78, 5) is 1.24. The van der Waals surface area contributed by atoms with Gasteiger partial charge in [-0.25, -0.2) is 4.68 Å². The second-order valence-corrected chi connectivity index (χ2v) is 7.26. The number of thiophene rings is 1. The summed E-state index contributed by atoms with van der Waals surface area (Å²) >= 11 is 3.32. The molecule has 0 aliphatic heterocycles. The summed E-state index contributed by atoms with van der Waals surface area (Å²) in [5.74, 6) is 1.75. The van der Waals surface area contributed by atoms with Crippen LogP contribution in [0.15, 0.2) is 40.9 Å². The molecule has 0 bridgehead atoms. The molecule has 0 aliphatic rings. The van der Waals surface area contributed by atoms with Crippen LogP contribution >= 0.6 is 23.1 Å². The van der Waals surface area contributed by atoms with Crippen LogP contribution in [0.4, 0.5) is 0 Å². The average molecular weight is 346 g/mol. The van der Waals surface area contributed by atoms with E-state index in [-0.39, 0.29) is 0 Å². The molecule has 3 aromatic rings. The lowest BCUT2D eigenvalue weighted by molar-refractivity contribution is 0.341. The minimum atomic E-state index is 0.626. The van der Waals surface area contributed by atoms with Crippen molar-refractivity contribution >= 4 is 23.1 Å². The third-order valence-corrected chi connectivity index (χ3v) is 5.08. The van der Waals surface area contributed by atoms with Crippen molar-refractivity contribution in [2.75, 3.05) is 12.4 Å². The first-order chi connectivity index (χ1) is 11.2. The van der Waals surface area contributed by atoms with Gasteiger partial charge in [0.25, 0.3) is 0 Å². The Kier molecular flexibility index (Phi) is 5.30. The highest BCUT2D eigenvalue weighted by Crippen LogP contribution is 2.21. The summed E-state index contributed by atoms with van der Waals surface area (Å²) in [5.41, 5.74) is 2.36. The minimum Gasteiger partial charge on any atom is -0.492 e. The molecule has 0 amide bonds. The maximum atomic E-state index is 5.87. The van der Waals surface area contributed by atoms with Crippen molar-refractivity contribution in [3.8, 4) is 5.75 Å². The van der Waals surface area contributed by atoms with Crippen molar-refractivity contribution in [1.82, 2.24) is 20.2 Å². The zero-order valence-electron chi connectivity index (χ0n) is 13.1. The van der Waals surface area contributed by atoms with Gasteiger partial charge in [0.2, 0.25) is 5.16 Å². The maximum absolute atomic E-state index is 5.87. The van der Waals surface area contributed by atoms with Gasteiger partial charge in [-0.2, -0.15) is 0 Å². The summed E-state index contributed by atoms with van der Waals surface area (Å²) < 4.78 is 7.69. The molecule has 1 aromatic carbocycles. The van der Waals surface area contributed by atoms with Crippen LogP contribution in [0.5, 0.6) is 5.75 Å². The zero-order chi connectivity index (χ0) is 16.1. The summed E-state index contributed by atoms with van der Waals surface area (Å²) in [6, 6.07) is 10.4. The van der Waals surface area contributed by atoms with Gasteiger partial charge in [0.15, 0.2) is 0 Å². The zero-order valence-corrected chi connectivity index (χ0v) is 14.7. The van der Waals surface area contributed by atoms with Crippen LogP contribution in [0.3, 0.4) is 0 Å². The molecule has 0 fully saturated rings. The highest BCUT2D eigenvalue weighted by molar-refractivity contribution is 7.99. The van der Waals surface area contributed by atoms with Gasteiger partial charge < -0.3 is 4.74 Å². The lowest BCUT2D eigenvalue weighted by atomic mass is 10.1. The second-order valence-electron chi connectivity index (χ2n) is 5.16. The molecule has 2 aromatic heterocycles. The van der Waals surface area contributed by atoms with Crippen LogP contribution in [0, 0.1) is 13.8 Å². The van der Waals surface area contributed by atoms with Crippen molar-refractivity contribution < 1.29 is 4.74 Å². The van der Waals surface area contributed by atoms with Crippen molar-refractivity contribution in [3.05, 3.63) is 51.7 Å². The van der Waals surface area contributed by atoms with Crippen LogP contribution < -0.4 is 4.74 Å². The van der Waals surface area contributed by atoms with Crippen LogP contribution in [-0.2, 0) is 6.54 Å². The molecule has 2 heterocycles. The lowest BCUT2D eigenvalue weighted by Gasteiger charge is -2.09. The Hall–Kier alpha value is -1.86. The Bertz CT molecular complexity index is 755.